The van der Waals surface area contributed by atoms with Gasteiger partial charge in [-0.1, -0.05) is 6.07 Å². The Kier molecular flexibility index (Phi) is 4.53. The SMILES string of the molecule is COc1cc(C(=O)Nc2cc(C)cc(C)c2)cc(Br)c1O. The molecule has 0 atom stereocenters. The summed E-state index contributed by atoms with van der Waals surface area (Å²) in [6.07, 6.45) is 0. The van der Waals surface area contributed by atoms with E-state index < -0.39 is 0 Å². The van der Waals surface area contributed by atoms with Gasteiger partial charge in [0.05, 0.1) is 11.6 Å². The van der Waals surface area contributed by atoms with Gasteiger partial charge in [0.2, 0.25) is 0 Å². The average molecular weight is 350 g/mol. The Labute approximate surface area is 131 Å². The van der Waals surface area contributed by atoms with Gasteiger partial charge in [-0.3, -0.25) is 4.79 Å². The Hall–Kier alpha value is -2.01. The number of anilines is 1. The quantitative estimate of drug-likeness (QED) is 0.879. The van der Waals surface area contributed by atoms with Crippen molar-refractivity contribution in [3.63, 3.8) is 0 Å². The monoisotopic (exact) mass is 349 g/mol. The van der Waals surface area contributed by atoms with E-state index in [0.717, 1.165) is 16.8 Å². The van der Waals surface area contributed by atoms with Crippen LogP contribution in [0.5, 0.6) is 11.5 Å². The van der Waals surface area contributed by atoms with Gasteiger partial charge >= 0.3 is 0 Å². The molecule has 2 aromatic rings. The molecule has 0 radical (unpaired) electrons. The first-order chi connectivity index (χ1) is 9.90. The van der Waals surface area contributed by atoms with Crippen molar-refractivity contribution < 1.29 is 14.6 Å². The molecule has 0 saturated heterocycles. The van der Waals surface area contributed by atoms with Crippen LogP contribution < -0.4 is 10.1 Å². The zero-order valence-electron chi connectivity index (χ0n) is 12.0. The fourth-order valence-electron chi connectivity index (χ4n) is 2.11. The second kappa shape index (κ2) is 6.18. The summed E-state index contributed by atoms with van der Waals surface area (Å²) in [4.78, 5) is 12.3. The molecule has 0 aliphatic carbocycles. The van der Waals surface area contributed by atoms with Gasteiger partial charge in [0.25, 0.3) is 5.91 Å². The fraction of sp³-hybridized carbons (Fsp3) is 0.188. The van der Waals surface area contributed by atoms with Crippen LogP contribution in [-0.4, -0.2) is 18.1 Å². The summed E-state index contributed by atoms with van der Waals surface area (Å²) in [5.41, 5.74) is 3.29. The van der Waals surface area contributed by atoms with Crippen molar-refractivity contribution in [1.82, 2.24) is 0 Å². The van der Waals surface area contributed by atoms with E-state index >= 15 is 0 Å². The minimum atomic E-state index is -0.265. The molecule has 0 spiro atoms. The molecular formula is C16H16BrNO3. The van der Waals surface area contributed by atoms with Crippen LogP contribution >= 0.6 is 15.9 Å². The van der Waals surface area contributed by atoms with Crippen LogP contribution in [0.1, 0.15) is 21.5 Å². The largest absolute Gasteiger partial charge is 0.503 e. The van der Waals surface area contributed by atoms with Gasteiger partial charge in [-0.2, -0.15) is 0 Å². The molecule has 4 nitrogen and oxygen atoms in total. The first kappa shape index (κ1) is 15.4. The van der Waals surface area contributed by atoms with Crippen LogP contribution in [0.3, 0.4) is 0 Å². The number of nitrogens with one attached hydrogen (secondary N) is 1. The minimum Gasteiger partial charge on any atom is -0.503 e. The molecule has 0 aliphatic rings. The Morgan fingerprint density at radius 2 is 1.76 bits per heavy atom. The van der Waals surface area contributed by atoms with E-state index in [1.54, 1.807) is 6.07 Å². The third kappa shape index (κ3) is 3.55. The van der Waals surface area contributed by atoms with Crippen molar-refractivity contribution in [2.24, 2.45) is 0 Å². The van der Waals surface area contributed by atoms with E-state index in [-0.39, 0.29) is 17.4 Å². The molecule has 2 N–H and O–H groups in total. The number of aryl methyl sites for hydroxylation is 2. The van der Waals surface area contributed by atoms with Gasteiger partial charge in [-0.05, 0) is 65.2 Å². The normalized spacial score (nSPS) is 10.3. The average Bonchev–Trinajstić information content (AvgIpc) is 2.40. The fourth-order valence-corrected chi connectivity index (χ4v) is 2.55. The number of rotatable bonds is 3. The number of carbonyl (C=O) groups excluding carboxylic acids is 1. The van der Waals surface area contributed by atoms with Crippen LogP contribution in [0, 0.1) is 13.8 Å². The summed E-state index contributed by atoms with van der Waals surface area (Å²) in [6.45, 7) is 3.95. The maximum atomic E-state index is 12.3. The number of hydrogen-bond acceptors (Lipinski definition) is 3. The Morgan fingerprint density at radius 3 is 2.33 bits per heavy atom. The molecule has 0 fully saturated rings. The molecule has 1 amide bonds. The second-order valence-corrected chi connectivity index (χ2v) is 5.69. The number of phenolic OH excluding ortho intramolecular Hbond substituents is 1. The highest BCUT2D eigenvalue weighted by atomic mass is 79.9. The van der Waals surface area contributed by atoms with Crippen molar-refractivity contribution in [2.45, 2.75) is 13.8 Å². The molecule has 110 valence electrons. The van der Waals surface area contributed by atoms with E-state index in [0.29, 0.717) is 10.0 Å². The predicted molar refractivity (Wildman–Crippen MR) is 86.2 cm³/mol. The second-order valence-electron chi connectivity index (χ2n) is 4.84. The molecule has 21 heavy (non-hydrogen) atoms. The van der Waals surface area contributed by atoms with Crippen molar-refractivity contribution in [3.05, 3.63) is 51.5 Å². The number of amides is 1. The van der Waals surface area contributed by atoms with Crippen LogP contribution in [0.2, 0.25) is 0 Å². The minimum absolute atomic E-state index is 0.0274. The number of carbonyl (C=O) groups is 1. The van der Waals surface area contributed by atoms with Gasteiger partial charge < -0.3 is 15.2 Å². The number of hydrogen-bond donors (Lipinski definition) is 2. The molecule has 5 heteroatoms. The molecule has 2 aromatic carbocycles. The van der Waals surface area contributed by atoms with E-state index in [2.05, 4.69) is 21.2 Å². The van der Waals surface area contributed by atoms with Gasteiger partial charge in [0.1, 0.15) is 0 Å². The van der Waals surface area contributed by atoms with Crippen molar-refractivity contribution in [3.8, 4) is 11.5 Å². The number of ether oxygens (including phenoxy) is 1. The maximum Gasteiger partial charge on any atom is 0.255 e. The molecule has 0 bridgehead atoms. The van der Waals surface area contributed by atoms with Gasteiger partial charge in [0.15, 0.2) is 11.5 Å². The Balaban J connectivity index is 2.30. The van der Waals surface area contributed by atoms with Crippen molar-refractivity contribution >= 4 is 27.5 Å². The van der Waals surface area contributed by atoms with Gasteiger partial charge in [-0.25, -0.2) is 0 Å². The number of aromatic hydroxyl groups is 1. The first-order valence-electron chi connectivity index (χ1n) is 6.37. The number of benzene rings is 2. The van der Waals surface area contributed by atoms with E-state index in [4.69, 9.17) is 4.74 Å². The molecule has 0 saturated carbocycles. The van der Waals surface area contributed by atoms with E-state index in [1.165, 1.54) is 13.2 Å². The lowest BCUT2D eigenvalue weighted by atomic mass is 10.1. The molecule has 0 aromatic heterocycles. The number of phenols is 1. The highest BCUT2D eigenvalue weighted by Crippen LogP contribution is 2.35. The molecule has 0 unspecified atom stereocenters. The Bertz CT molecular complexity index is 678. The molecule has 0 aliphatic heterocycles. The zero-order valence-corrected chi connectivity index (χ0v) is 13.6. The number of halogens is 1. The predicted octanol–water partition coefficient (Wildman–Crippen LogP) is 4.03. The summed E-state index contributed by atoms with van der Waals surface area (Å²) >= 11 is 3.20. The van der Waals surface area contributed by atoms with Crippen LogP contribution in [0.15, 0.2) is 34.8 Å². The molecule has 2 rings (SSSR count). The maximum absolute atomic E-state index is 12.3. The van der Waals surface area contributed by atoms with Crippen molar-refractivity contribution in [2.75, 3.05) is 12.4 Å². The van der Waals surface area contributed by atoms with Gasteiger partial charge in [-0.15, -0.1) is 0 Å². The Morgan fingerprint density at radius 1 is 1.14 bits per heavy atom. The third-order valence-electron chi connectivity index (χ3n) is 2.99. The van der Waals surface area contributed by atoms with Gasteiger partial charge in [0, 0.05) is 11.3 Å². The molecular weight excluding hydrogens is 334 g/mol. The summed E-state index contributed by atoms with van der Waals surface area (Å²) in [5.74, 6) is -0.0469. The standard InChI is InChI=1S/C16H16BrNO3/c1-9-4-10(2)6-12(5-9)18-16(20)11-7-13(17)15(19)14(8-11)21-3/h4-8,19H,1-3H3,(H,18,20). The lowest BCUT2D eigenvalue weighted by Crippen LogP contribution is -2.12. The smallest absolute Gasteiger partial charge is 0.255 e. The summed E-state index contributed by atoms with van der Waals surface area (Å²) in [7, 11) is 1.44. The van der Waals surface area contributed by atoms with Crippen molar-refractivity contribution in [1.29, 1.82) is 0 Å². The lowest BCUT2D eigenvalue weighted by Gasteiger charge is -2.10. The summed E-state index contributed by atoms with van der Waals surface area (Å²) in [5, 5.41) is 12.6. The van der Waals surface area contributed by atoms with Crippen LogP contribution in [-0.2, 0) is 0 Å². The summed E-state index contributed by atoms with van der Waals surface area (Å²) in [6, 6.07) is 8.89. The van der Waals surface area contributed by atoms with Crippen LogP contribution in [0.4, 0.5) is 5.69 Å². The van der Waals surface area contributed by atoms with E-state index in [1.807, 2.05) is 32.0 Å². The van der Waals surface area contributed by atoms with Crippen LogP contribution in [0.25, 0.3) is 0 Å². The van der Waals surface area contributed by atoms with E-state index in [9.17, 15) is 9.90 Å². The topological polar surface area (TPSA) is 58.6 Å². The first-order valence-corrected chi connectivity index (χ1v) is 7.16. The number of methoxy groups -OCH3 is 1. The summed E-state index contributed by atoms with van der Waals surface area (Å²) < 4.78 is 5.45. The lowest BCUT2D eigenvalue weighted by molar-refractivity contribution is 0.102. The highest BCUT2D eigenvalue weighted by molar-refractivity contribution is 9.10. The zero-order chi connectivity index (χ0) is 15.6. The molecule has 0 heterocycles. The third-order valence-corrected chi connectivity index (χ3v) is 3.59. The highest BCUT2D eigenvalue weighted by Gasteiger charge is 2.14.